The van der Waals surface area contributed by atoms with Gasteiger partial charge < -0.3 is 15.4 Å². The zero-order valence-electron chi connectivity index (χ0n) is 11.4. The lowest BCUT2D eigenvalue weighted by molar-refractivity contribution is 0.0439. The van der Waals surface area contributed by atoms with Crippen LogP contribution in [0, 0.1) is 5.41 Å². The van der Waals surface area contributed by atoms with Gasteiger partial charge in [-0.1, -0.05) is 6.92 Å². The molecular weight excluding hydrogens is 240 g/mol. The summed E-state index contributed by atoms with van der Waals surface area (Å²) in [6.07, 6.45) is 5.28. The number of hydrogen-bond acceptors (Lipinski definition) is 4. The maximum atomic E-state index is 7.36. The Bertz CT molecular complexity index is 418. The summed E-state index contributed by atoms with van der Waals surface area (Å²) in [5.41, 5.74) is 6.10. The van der Waals surface area contributed by atoms with Crippen molar-refractivity contribution in [1.82, 2.24) is 4.98 Å². The maximum absolute atomic E-state index is 7.36. The summed E-state index contributed by atoms with van der Waals surface area (Å²) in [4.78, 5) is 6.63. The van der Waals surface area contributed by atoms with E-state index in [2.05, 4.69) is 16.8 Å². The minimum atomic E-state index is 0.0573. The van der Waals surface area contributed by atoms with Crippen LogP contribution in [0.1, 0.15) is 31.7 Å². The van der Waals surface area contributed by atoms with E-state index in [0.29, 0.717) is 11.7 Å². The van der Waals surface area contributed by atoms with Gasteiger partial charge >= 0.3 is 0 Å². The van der Waals surface area contributed by atoms with Gasteiger partial charge in [-0.3, -0.25) is 5.41 Å². The van der Waals surface area contributed by atoms with Gasteiger partial charge in [0.15, 0.2) is 0 Å². The Morgan fingerprint density at radius 1 is 1.58 bits per heavy atom. The second kappa shape index (κ2) is 6.52. The van der Waals surface area contributed by atoms with Gasteiger partial charge in [0, 0.05) is 31.5 Å². The molecule has 0 bridgehead atoms. The highest BCUT2D eigenvalue weighted by atomic mass is 16.5. The van der Waals surface area contributed by atoms with Crippen LogP contribution in [0.4, 0.5) is 5.82 Å². The Hall–Kier alpha value is -1.62. The van der Waals surface area contributed by atoms with E-state index in [0.717, 1.165) is 44.8 Å². The van der Waals surface area contributed by atoms with E-state index < -0.39 is 0 Å². The van der Waals surface area contributed by atoms with Crippen LogP contribution >= 0.6 is 0 Å². The van der Waals surface area contributed by atoms with Crippen LogP contribution in [0.2, 0.25) is 0 Å². The molecule has 0 radical (unpaired) electrons. The van der Waals surface area contributed by atoms with Gasteiger partial charge in [0.05, 0.1) is 6.10 Å². The van der Waals surface area contributed by atoms with Gasteiger partial charge in [-0.15, -0.1) is 0 Å². The molecule has 2 rings (SSSR count). The number of amidine groups is 1. The number of ether oxygens (including phenoxy) is 1. The fourth-order valence-electron chi connectivity index (χ4n) is 2.30. The molecule has 1 aliphatic heterocycles. The number of hydrogen-bond donors (Lipinski definition) is 2. The third-order valence-electron chi connectivity index (χ3n) is 3.32. The van der Waals surface area contributed by atoms with E-state index in [1.54, 1.807) is 6.20 Å². The van der Waals surface area contributed by atoms with Gasteiger partial charge in [-0.25, -0.2) is 4.98 Å². The molecule has 1 unspecified atom stereocenters. The van der Waals surface area contributed by atoms with Crippen molar-refractivity contribution in [3.63, 3.8) is 0 Å². The van der Waals surface area contributed by atoms with E-state index in [4.69, 9.17) is 15.9 Å². The van der Waals surface area contributed by atoms with Gasteiger partial charge in [0.1, 0.15) is 11.7 Å². The number of anilines is 1. The lowest BCUT2D eigenvalue weighted by atomic mass is 10.1. The second-order valence-electron chi connectivity index (χ2n) is 4.90. The largest absolute Gasteiger partial charge is 0.384 e. The summed E-state index contributed by atoms with van der Waals surface area (Å²) in [6, 6.07) is 3.78. The maximum Gasteiger partial charge on any atom is 0.128 e. The van der Waals surface area contributed by atoms with Crippen LogP contribution in [0.25, 0.3) is 0 Å². The molecule has 0 spiro atoms. The van der Waals surface area contributed by atoms with Crippen LogP contribution < -0.4 is 10.6 Å². The first kappa shape index (κ1) is 13.8. The Kier molecular flexibility index (Phi) is 4.74. The Labute approximate surface area is 114 Å². The molecule has 104 valence electrons. The predicted octanol–water partition coefficient (Wildman–Crippen LogP) is 1.76. The van der Waals surface area contributed by atoms with E-state index in [-0.39, 0.29) is 5.84 Å². The van der Waals surface area contributed by atoms with Gasteiger partial charge in [-0.05, 0) is 31.4 Å². The lowest BCUT2D eigenvalue weighted by Gasteiger charge is -2.33. The topological polar surface area (TPSA) is 75.2 Å². The molecule has 1 aliphatic rings. The average Bonchev–Trinajstić information content (AvgIpc) is 2.45. The summed E-state index contributed by atoms with van der Waals surface area (Å²) in [5, 5.41) is 7.36. The first-order chi connectivity index (χ1) is 9.20. The normalized spacial score (nSPS) is 19.4. The fraction of sp³-hybridized carbons (Fsp3) is 0.571. The molecule has 0 amide bonds. The number of pyridine rings is 1. The highest BCUT2D eigenvalue weighted by Crippen LogP contribution is 2.19. The fourth-order valence-corrected chi connectivity index (χ4v) is 2.30. The van der Waals surface area contributed by atoms with Crippen LogP contribution in [0.5, 0.6) is 0 Å². The molecule has 19 heavy (non-hydrogen) atoms. The Morgan fingerprint density at radius 2 is 2.42 bits per heavy atom. The average molecular weight is 262 g/mol. The summed E-state index contributed by atoms with van der Waals surface area (Å²) in [6.45, 7) is 4.86. The van der Waals surface area contributed by atoms with E-state index in [1.165, 1.54) is 0 Å². The Morgan fingerprint density at radius 3 is 3.05 bits per heavy atom. The molecular formula is C14H22N4O. The zero-order valence-corrected chi connectivity index (χ0v) is 11.4. The standard InChI is InChI=1S/C14H22N4O/c1-2-8-19-12-4-3-7-18(10-12)13-6-5-11(9-17-13)14(15)16/h5-6,9,12H,2-4,7-8,10H2,1H3,(H3,15,16). The molecule has 1 aromatic heterocycles. The zero-order chi connectivity index (χ0) is 13.7. The summed E-state index contributed by atoms with van der Waals surface area (Å²) < 4.78 is 5.82. The predicted molar refractivity (Wildman–Crippen MR) is 76.7 cm³/mol. The third-order valence-corrected chi connectivity index (χ3v) is 3.32. The smallest absolute Gasteiger partial charge is 0.128 e. The minimum Gasteiger partial charge on any atom is -0.384 e. The number of nitrogen functional groups attached to an aromatic ring is 1. The van der Waals surface area contributed by atoms with Gasteiger partial charge in [-0.2, -0.15) is 0 Å². The molecule has 1 aromatic rings. The molecule has 1 saturated heterocycles. The quantitative estimate of drug-likeness (QED) is 0.626. The van der Waals surface area contributed by atoms with Crippen molar-refractivity contribution < 1.29 is 4.74 Å². The molecule has 0 aromatic carbocycles. The number of rotatable bonds is 5. The van der Waals surface area contributed by atoms with Gasteiger partial charge in [0.2, 0.25) is 0 Å². The lowest BCUT2D eigenvalue weighted by Crippen LogP contribution is -2.40. The van der Waals surface area contributed by atoms with Crippen molar-refractivity contribution in [3.8, 4) is 0 Å². The van der Waals surface area contributed by atoms with E-state index >= 15 is 0 Å². The molecule has 2 heterocycles. The molecule has 5 heteroatoms. The molecule has 5 nitrogen and oxygen atoms in total. The molecule has 0 saturated carbocycles. The number of piperidine rings is 1. The SMILES string of the molecule is CCCOC1CCCN(c2ccc(C(=N)N)cn2)C1. The summed E-state index contributed by atoms with van der Waals surface area (Å²) >= 11 is 0. The monoisotopic (exact) mass is 262 g/mol. The van der Waals surface area contributed by atoms with Gasteiger partial charge in [0.25, 0.3) is 0 Å². The molecule has 1 atom stereocenters. The van der Waals surface area contributed by atoms with Crippen molar-refractivity contribution in [2.24, 2.45) is 5.73 Å². The third kappa shape index (κ3) is 3.67. The van der Waals surface area contributed by atoms with Crippen molar-refractivity contribution in [2.75, 3.05) is 24.6 Å². The number of nitrogens with one attached hydrogen (secondary N) is 1. The van der Waals surface area contributed by atoms with Crippen molar-refractivity contribution in [1.29, 1.82) is 5.41 Å². The number of nitrogens with zero attached hydrogens (tertiary/aromatic N) is 2. The second-order valence-corrected chi connectivity index (χ2v) is 4.90. The summed E-state index contributed by atoms with van der Waals surface area (Å²) in [7, 11) is 0. The number of aromatic nitrogens is 1. The summed E-state index contributed by atoms with van der Waals surface area (Å²) in [5.74, 6) is 0.997. The Balaban J connectivity index is 1.98. The number of nitrogens with two attached hydrogens (primary N) is 1. The van der Waals surface area contributed by atoms with E-state index in [1.807, 2.05) is 12.1 Å². The first-order valence-electron chi connectivity index (χ1n) is 6.87. The first-order valence-corrected chi connectivity index (χ1v) is 6.87. The van der Waals surface area contributed by atoms with Crippen LogP contribution in [-0.2, 0) is 4.74 Å². The van der Waals surface area contributed by atoms with Crippen LogP contribution in [0.3, 0.4) is 0 Å². The van der Waals surface area contributed by atoms with Crippen LogP contribution in [-0.4, -0.2) is 36.6 Å². The molecule has 0 aliphatic carbocycles. The molecule has 1 fully saturated rings. The van der Waals surface area contributed by atoms with Crippen molar-refractivity contribution in [2.45, 2.75) is 32.3 Å². The van der Waals surface area contributed by atoms with E-state index in [9.17, 15) is 0 Å². The van der Waals surface area contributed by atoms with Crippen molar-refractivity contribution >= 4 is 11.7 Å². The van der Waals surface area contributed by atoms with Crippen molar-refractivity contribution in [3.05, 3.63) is 23.9 Å². The highest BCUT2D eigenvalue weighted by Gasteiger charge is 2.21. The molecule has 3 N–H and O–H groups in total. The van der Waals surface area contributed by atoms with Crippen LogP contribution in [0.15, 0.2) is 18.3 Å². The highest BCUT2D eigenvalue weighted by molar-refractivity contribution is 5.94. The minimum absolute atomic E-state index is 0.0573.